The van der Waals surface area contributed by atoms with Crippen LogP contribution in [0.3, 0.4) is 0 Å². The molecule has 198 valence electrons. The van der Waals surface area contributed by atoms with Crippen LogP contribution in [0.5, 0.6) is 5.88 Å². The first-order valence-electron chi connectivity index (χ1n) is 12.8. The van der Waals surface area contributed by atoms with E-state index in [1.165, 1.54) is 11.3 Å². The van der Waals surface area contributed by atoms with E-state index in [9.17, 15) is 9.90 Å². The van der Waals surface area contributed by atoms with Crippen molar-refractivity contribution in [2.24, 2.45) is 11.8 Å². The van der Waals surface area contributed by atoms with Gasteiger partial charge in [0.15, 0.2) is 0 Å². The second kappa shape index (κ2) is 12.0. The van der Waals surface area contributed by atoms with E-state index >= 15 is 0 Å². The highest BCUT2D eigenvalue weighted by Crippen LogP contribution is 2.43. The maximum Gasteiger partial charge on any atom is 0.308 e. The van der Waals surface area contributed by atoms with Gasteiger partial charge in [-0.25, -0.2) is 9.97 Å². The van der Waals surface area contributed by atoms with Crippen LogP contribution in [0.4, 0.5) is 11.6 Å². The van der Waals surface area contributed by atoms with Crippen LogP contribution in [0.2, 0.25) is 0 Å². The van der Waals surface area contributed by atoms with E-state index in [-0.39, 0.29) is 17.8 Å². The van der Waals surface area contributed by atoms with Gasteiger partial charge in [0.1, 0.15) is 10.6 Å². The van der Waals surface area contributed by atoms with Crippen LogP contribution in [0, 0.1) is 18.8 Å². The summed E-state index contributed by atoms with van der Waals surface area (Å²) in [6.45, 7) is 6.32. The standard InChI is InChI=1S/C27H35N5O4S/c1-5-6-13-36-24(33)18-7-9-19(10-8-18)27(3,34)25-29-16-22(37-25)21-15-20(14-17(2)30-21)31-26-28-12-11-23(32-26)35-4/h11-12,14-16,18-19,34H,5-10,13H2,1-4H3,(H,28,30,31,32)/t18?,19?,27-/m1/s1. The predicted molar refractivity (Wildman–Crippen MR) is 143 cm³/mol. The number of unbranched alkanes of at least 4 members (excludes halogenated alkanes) is 1. The number of aliphatic hydroxyl groups is 1. The SMILES string of the molecule is CCCCOC(=O)C1CCC([C@@](C)(O)c2ncc(-c3cc(Nc4nccc(OC)n4)cc(C)n3)s2)CC1. The van der Waals surface area contributed by atoms with Crippen LogP contribution in [-0.4, -0.2) is 44.7 Å². The van der Waals surface area contributed by atoms with Gasteiger partial charge in [-0.2, -0.15) is 4.98 Å². The summed E-state index contributed by atoms with van der Waals surface area (Å²) in [6, 6.07) is 5.51. The molecule has 37 heavy (non-hydrogen) atoms. The first kappa shape index (κ1) is 26.9. The number of aromatic nitrogens is 4. The molecule has 0 bridgehead atoms. The van der Waals surface area contributed by atoms with Crippen molar-refractivity contribution < 1.29 is 19.4 Å². The average molecular weight is 526 g/mol. The number of hydrogen-bond acceptors (Lipinski definition) is 10. The van der Waals surface area contributed by atoms with Crippen LogP contribution < -0.4 is 10.1 Å². The zero-order valence-corrected chi connectivity index (χ0v) is 22.7. The molecular weight excluding hydrogens is 490 g/mol. The van der Waals surface area contributed by atoms with Crippen LogP contribution in [-0.2, 0) is 15.1 Å². The molecule has 0 amide bonds. The van der Waals surface area contributed by atoms with E-state index in [1.807, 2.05) is 26.0 Å². The number of aryl methyl sites for hydroxylation is 1. The maximum atomic E-state index is 12.3. The van der Waals surface area contributed by atoms with E-state index < -0.39 is 5.60 Å². The van der Waals surface area contributed by atoms with Gasteiger partial charge in [-0.15, -0.1) is 11.3 Å². The molecule has 9 nitrogen and oxygen atoms in total. The van der Waals surface area contributed by atoms with Crippen LogP contribution in [0.15, 0.2) is 30.6 Å². The minimum Gasteiger partial charge on any atom is -0.481 e. The minimum absolute atomic E-state index is 0.0269. The molecule has 3 aromatic heterocycles. The molecule has 10 heteroatoms. The van der Waals surface area contributed by atoms with E-state index in [4.69, 9.17) is 9.47 Å². The Hall–Kier alpha value is -3.11. The Kier molecular flexibility index (Phi) is 8.71. The minimum atomic E-state index is -1.08. The molecule has 2 N–H and O–H groups in total. The number of carbonyl (C=O) groups is 1. The lowest BCUT2D eigenvalue weighted by atomic mass is 9.74. The van der Waals surface area contributed by atoms with E-state index in [0.29, 0.717) is 23.4 Å². The number of hydrogen-bond donors (Lipinski definition) is 2. The molecule has 0 unspecified atom stereocenters. The summed E-state index contributed by atoms with van der Waals surface area (Å²) in [5.74, 6) is 0.747. The van der Waals surface area contributed by atoms with Gasteiger partial charge < -0.3 is 19.9 Å². The van der Waals surface area contributed by atoms with Crippen molar-refractivity contribution in [3.05, 3.63) is 41.3 Å². The summed E-state index contributed by atoms with van der Waals surface area (Å²) < 4.78 is 10.6. The topological polar surface area (TPSA) is 119 Å². The summed E-state index contributed by atoms with van der Waals surface area (Å²) in [5, 5.41) is 15.4. The number of methoxy groups -OCH3 is 1. The number of esters is 1. The Morgan fingerprint density at radius 2 is 2.00 bits per heavy atom. The molecule has 0 aromatic carbocycles. The van der Waals surface area contributed by atoms with E-state index in [0.717, 1.165) is 60.5 Å². The number of pyridine rings is 1. The fourth-order valence-corrected chi connectivity index (χ4v) is 5.64. The number of carbonyl (C=O) groups excluding carboxylic acids is 1. The van der Waals surface area contributed by atoms with Gasteiger partial charge in [0.2, 0.25) is 11.8 Å². The van der Waals surface area contributed by atoms with Gasteiger partial charge in [-0.1, -0.05) is 13.3 Å². The molecule has 0 aliphatic heterocycles. The summed E-state index contributed by atoms with van der Waals surface area (Å²) in [4.78, 5) is 31.0. The Morgan fingerprint density at radius 3 is 2.73 bits per heavy atom. The van der Waals surface area contributed by atoms with Crippen molar-refractivity contribution in [2.75, 3.05) is 19.0 Å². The third-order valence-electron chi connectivity index (χ3n) is 6.84. The second-order valence-electron chi connectivity index (χ2n) is 9.68. The monoisotopic (exact) mass is 525 g/mol. The smallest absolute Gasteiger partial charge is 0.308 e. The van der Waals surface area contributed by atoms with Crippen molar-refractivity contribution in [1.29, 1.82) is 0 Å². The van der Waals surface area contributed by atoms with Gasteiger partial charge in [-0.3, -0.25) is 9.78 Å². The first-order valence-corrected chi connectivity index (χ1v) is 13.6. The highest BCUT2D eigenvalue weighted by atomic mass is 32.1. The molecule has 1 aliphatic rings. The molecule has 3 heterocycles. The Balaban J connectivity index is 1.44. The van der Waals surface area contributed by atoms with E-state index in [2.05, 4.69) is 32.2 Å². The number of ether oxygens (including phenoxy) is 2. The number of nitrogens with zero attached hydrogens (tertiary/aromatic N) is 4. The molecule has 0 spiro atoms. The number of nitrogens with one attached hydrogen (secondary N) is 1. The van der Waals surface area contributed by atoms with Gasteiger partial charge in [0.05, 0.1) is 30.2 Å². The van der Waals surface area contributed by atoms with Crippen molar-refractivity contribution in [3.63, 3.8) is 0 Å². The molecule has 4 rings (SSSR count). The quantitative estimate of drug-likeness (QED) is 0.264. The number of thiazole rings is 1. The van der Waals surface area contributed by atoms with E-state index in [1.54, 1.807) is 25.6 Å². The largest absolute Gasteiger partial charge is 0.481 e. The lowest BCUT2D eigenvalue weighted by Crippen LogP contribution is -2.36. The normalized spacial score (nSPS) is 19.2. The summed E-state index contributed by atoms with van der Waals surface area (Å²) in [6.07, 6.45) is 8.26. The third kappa shape index (κ3) is 6.61. The zero-order valence-electron chi connectivity index (χ0n) is 21.9. The maximum absolute atomic E-state index is 12.3. The molecule has 1 saturated carbocycles. The summed E-state index contributed by atoms with van der Waals surface area (Å²) in [5.41, 5.74) is 1.29. The third-order valence-corrected chi connectivity index (χ3v) is 8.08. The van der Waals surface area contributed by atoms with Crippen molar-refractivity contribution in [2.45, 2.75) is 64.9 Å². The number of rotatable bonds is 10. The lowest BCUT2D eigenvalue weighted by Gasteiger charge is -2.36. The van der Waals surface area contributed by atoms with Crippen molar-refractivity contribution >= 4 is 28.9 Å². The fourth-order valence-electron chi connectivity index (χ4n) is 4.64. The highest BCUT2D eigenvalue weighted by molar-refractivity contribution is 7.15. The summed E-state index contributed by atoms with van der Waals surface area (Å²) in [7, 11) is 1.56. The van der Waals surface area contributed by atoms with Crippen LogP contribution >= 0.6 is 11.3 Å². The molecule has 1 fully saturated rings. The second-order valence-corrected chi connectivity index (χ2v) is 10.7. The molecule has 1 aliphatic carbocycles. The molecule has 3 aromatic rings. The molecular formula is C27H35N5O4S. The Labute approximate surface area is 221 Å². The Morgan fingerprint density at radius 1 is 1.22 bits per heavy atom. The van der Waals surface area contributed by atoms with Gasteiger partial charge in [0, 0.05) is 29.8 Å². The van der Waals surface area contributed by atoms with Gasteiger partial charge in [0.25, 0.3) is 0 Å². The highest BCUT2D eigenvalue weighted by Gasteiger charge is 2.40. The lowest BCUT2D eigenvalue weighted by molar-refractivity contribution is -0.151. The van der Waals surface area contributed by atoms with Crippen LogP contribution in [0.25, 0.3) is 10.6 Å². The predicted octanol–water partition coefficient (Wildman–Crippen LogP) is 5.41. The van der Waals surface area contributed by atoms with Crippen molar-refractivity contribution in [1.82, 2.24) is 19.9 Å². The van der Waals surface area contributed by atoms with Crippen molar-refractivity contribution in [3.8, 4) is 16.5 Å². The first-order chi connectivity index (χ1) is 17.8. The average Bonchev–Trinajstić information content (AvgIpc) is 3.40. The zero-order chi connectivity index (χ0) is 26.4. The van der Waals surface area contributed by atoms with Crippen LogP contribution in [0.1, 0.15) is 63.1 Å². The van der Waals surface area contributed by atoms with Gasteiger partial charge >= 0.3 is 5.97 Å². The molecule has 0 radical (unpaired) electrons. The molecule has 1 atom stereocenters. The van der Waals surface area contributed by atoms with Gasteiger partial charge in [-0.05, 0) is 64.0 Å². The fraction of sp³-hybridized carbons (Fsp3) is 0.519. The number of anilines is 2. The Bertz CT molecular complexity index is 1210. The summed E-state index contributed by atoms with van der Waals surface area (Å²) >= 11 is 1.44. The molecule has 0 saturated heterocycles.